The first-order chi connectivity index (χ1) is 10.2. The number of amides is 2. The molecule has 2 aliphatic rings. The molecular formula is C16H28N2O3. The van der Waals surface area contributed by atoms with Crippen LogP contribution in [0.25, 0.3) is 0 Å². The number of aliphatic carboxylic acids is 1. The molecule has 0 aliphatic heterocycles. The van der Waals surface area contributed by atoms with Crippen LogP contribution in [0, 0.1) is 11.8 Å². The van der Waals surface area contributed by atoms with Gasteiger partial charge in [0.05, 0.1) is 5.92 Å². The molecule has 5 heteroatoms. The molecule has 0 saturated heterocycles. The number of carboxylic acid groups (broad SMARTS) is 1. The van der Waals surface area contributed by atoms with E-state index >= 15 is 0 Å². The van der Waals surface area contributed by atoms with Crippen LogP contribution in [0.4, 0.5) is 4.79 Å². The van der Waals surface area contributed by atoms with Gasteiger partial charge in [-0.25, -0.2) is 4.79 Å². The first-order valence-corrected chi connectivity index (χ1v) is 8.44. The summed E-state index contributed by atoms with van der Waals surface area (Å²) in [7, 11) is 0. The van der Waals surface area contributed by atoms with Crippen LogP contribution in [0.15, 0.2) is 0 Å². The Balaban J connectivity index is 1.72. The third kappa shape index (κ3) is 5.21. The van der Waals surface area contributed by atoms with E-state index in [0.29, 0.717) is 13.0 Å². The molecule has 120 valence electrons. The second kappa shape index (κ2) is 8.25. The van der Waals surface area contributed by atoms with Crippen LogP contribution in [0.3, 0.4) is 0 Å². The maximum Gasteiger partial charge on any atom is 0.315 e. The largest absolute Gasteiger partial charge is 0.481 e. The molecule has 0 spiro atoms. The first-order valence-electron chi connectivity index (χ1n) is 8.44. The fraction of sp³-hybridized carbons (Fsp3) is 0.875. The number of urea groups is 1. The summed E-state index contributed by atoms with van der Waals surface area (Å²) in [6.45, 7) is 0.695. The van der Waals surface area contributed by atoms with E-state index in [9.17, 15) is 14.7 Å². The van der Waals surface area contributed by atoms with Gasteiger partial charge in [-0.3, -0.25) is 4.79 Å². The maximum absolute atomic E-state index is 12.0. The van der Waals surface area contributed by atoms with Crippen molar-refractivity contribution >= 4 is 12.0 Å². The highest BCUT2D eigenvalue weighted by atomic mass is 16.4. The Morgan fingerprint density at radius 2 is 1.62 bits per heavy atom. The monoisotopic (exact) mass is 296 g/mol. The minimum absolute atomic E-state index is 0.203. The average molecular weight is 296 g/mol. The first kappa shape index (κ1) is 16.1. The minimum Gasteiger partial charge on any atom is -0.481 e. The third-order valence-corrected chi connectivity index (χ3v) is 4.96. The van der Waals surface area contributed by atoms with Crippen molar-refractivity contribution in [1.82, 2.24) is 10.6 Å². The van der Waals surface area contributed by atoms with Crippen LogP contribution >= 0.6 is 0 Å². The summed E-state index contributed by atoms with van der Waals surface area (Å²) in [6, 6.07) is -0.428. The lowest BCUT2D eigenvalue weighted by Crippen LogP contribution is -2.47. The second-order valence-electron chi connectivity index (χ2n) is 6.53. The molecule has 0 aromatic heterocycles. The predicted molar refractivity (Wildman–Crippen MR) is 81.1 cm³/mol. The molecule has 5 nitrogen and oxygen atoms in total. The smallest absolute Gasteiger partial charge is 0.315 e. The van der Waals surface area contributed by atoms with E-state index in [1.54, 1.807) is 0 Å². The van der Waals surface area contributed by atoms with E-state index in [0.717, 1.165) is 38.0 Å². The molecular weight excluding hydrogens is 268 g/mol. The zero-order valence-electron chi connectivity index (χ0n) is 12.8. The number of rotatable bonds is 5. The molecule has 0 bridgehead atoms. The highest BCUT2D eigenvalue weighted by Gasteiger charge is 2.30. The third-order valence-electron chi connectivity index (χ3n) is 4.96. The zero-order chi connectivity index (χ0) is 15.1. The van der Waals surface area contributed by atoms with Crippen molar-refractivity contribution in [3.05, 3.63) is 0 Å². The molecule has 2 atom stereocenters. The van der Waals surface area contributed by atoms with E-state index in [1.807, 2.05) is 0 Å². The van der Waals surface area contributed by atoms with Gasteiger partial charge in [-0.05, 0) is 25.2 Å². The number of carboxylic acids is 1. The van der Waals surface area contributed by atoms with Crippen LogP contribution in [0.1, 0.15) is 64.2 Å². The van der Waals surface area contributed by atoms with Gasteiger partial charge in [0, 0.05) is 12.6 Å². The molecule has 0 aromatic carbocycles. The number of carbonyl (C=O) groups is 2. The van der Waals surface area contributed by atoms with Gasteiger partial charge in [0.25, 0.3) is 0 Å². The summed E-state index contributed by atoms with van der Waals surface area (Å²) in [6.07, 6.45) is 10.7. The Kier molecular flexibility index (Phi) is 6.33. The SMILES string of the molecule is O=C(NCCC1CCCC1)NC1CCCCCC1C(=O)O. The summed E-state index contributed by atoms with van der Waals surface area (Å²) in [5.74, 6) is -0.462. The van der Waals surface area contributed by atoms with Crippen LogP contribution in [-0.2, 0) is 4.79 Å². The van der Waals surface area contributed by atoms with E-state index in [1.165, 1.54) is 25.7 Å². The minimum atomic E-state index is -0.784. The van der Waals surface area contributed by atoms with Crippen molar-refractivity contribution in [2.24, 2.45) is 11.8 Å². The van der Waals surface area contributed by atoms with Crippen molar-refractivity contribution in [2.75, 3.05) is 6.54 Å². The molecule has 2 amide bonds. The molecule has 0 aromatic rings. The van der Waals surface area contributed by atoms with Crippen LogP contribution < -0.4 is 10.6 Å². The summed E-state index contributed by atoms with van der Waals surface area (Å²) >= 11 is 0. The Bertz CT molecular complexity index is 353. The van der Waals surface area contributed by atoms with E-state index in [-0.39, 0.29) is 12.1 Å². The molecule has 0 heterocycles. The molecule has 2 aliphatic carbocycles. The van der Waals surface area contributed by atoms with Crippen molar-refractivity contribution < 1.29 is 14.7 Å². The molecule has 21 heavy (non-hydrogen) atoms. The molecule has 2 saturated carbocycles. The van der Waals surface area contributed by atoms with Crippen LogP contribution in [-0.4, -0.2) is 29.7 Å². The van der Waals surface area contributed by atoms with Gasteiger partial charge in [0.15, 0.2) is 0 Å². The molecule has 2 rings (SSSR count). The Morgan fingerprint density at radius 1 is 0.952 bits per heavy atom. The summed E-state index contributed by atoms with van der Waals surface area (Å²) < 4.78 is 0. The van der Waals surface area contributed by atoms with E-state index < -0.39 is 11.9 Å². The fourth-order valence-corrected chi connectivity index (χ4v) is 3.68. The number of nitrogens with one attached hydrogen (secondary N) is 2. The van der Waals surface area contributed by atoms with Gasteiger partial charge < -0.3 is 15.7 Å². The highest BCUT2D eigenvalue weighted by Crippen LogP contribution is 2.27. The summed E-state index contributed by atoms with van der Waals surface area (Å²) in [5, 5.41) is 15.1. The molecule has 3 N–H and O–H groups in total. The fourth-order valence-electron chi connectivity index (χ4n) is 3.68. The van der Waals surface area contributed by atoms with E-state index in [2.05, 4.69) is 10.6 Å². The topological polar surface area (TPSA) is 78.4 Å². The average Bonchev–Trinajstić information content (AvgIpc) is 2.84. The quantitative estimate of drug-likeness (QED) is 0.683. The number of hydrogen-bond donors (Lipinski definition) is 3. The van der Waals surface area contributed by atoms with Crippen molar-refractivity contribution in [3.63, 3.8) is 0 Å². The maximum atomic E-state index is 12.0. The van der Waals surface area contributed by atoms with Crippen molar-refractivity contribution in [3.8, 4) is 0 Å². The van der Waals surface area contributed by atoms with Crippen molar-refractivity contribution in [1.29, 1.82) is 0 Å². The normalized spacial score (nSPS) is 27.0. The van der Waals surface area contributed by atoms with Gasteiger partial charge in [-0.15, -0.1) is 0 Å². The van der Waals surface area contributed by atoms with Gasteiger partial charge >= 0.3 is 12.0 Å². The molecule has 2 fully saturated rings. The van der Waals surface area contributed by atoms with Gasteiger partial charge in [-0.1, -0.05) is 44.9 Å². The van der Waals surface area contributed by atoms with Crippen LogP contribution in [0.5, 0.6) is 0 Å². The zero-order valence-corrected chi connectivity index (χ0v) is 12.8. The molecule has 2 unspecified atom stereocenters. The van der Waals surface area contributed by atoms with Crippen LogP contribution in [0.2, 0.25) is 0 Å². The Labute approximate surface area is 126 Å². The molecule has 0 radical (unpaired) electrons. The summed E-state index contributed by atoms with van der Waals surface area (Å²) in [5.41, 5.74) is 0. The summed E-state index contributed by atoms with van der Waals surface area (Å²) in [4.78, 5) is 23.3. The lowest BCUT2D eigenvalue weighted by Gasteiger charge is -2.23. The standard InChI is InChI=1S/C16H28N2O3/c19-15(20)13-8-2-1-3-9-14(13)18-16(21)17-11-10-12-6-4-5-7-12/h12-14H,1-11H2,(H,19,20)(H2,17,18,21). The Hall–Kier alpha value is -1.26. The Morgan fingerprint density at radius 3 is 2.33 bits per heavy atom. The van der Waals surface area contributed by atoms with Crippen molar-refractivity contribution in [2.45, 2.75) is 70.3 Å². The number of hydrogen-bond acceptors (Lipinski definition) is 2. The van der Waals surface area contributed by atoms with E-state index in [4.69, 9.17) is 0 Å². The lowest BCUT2D eigenvalue weighted by atomic mass is 9.95. The highest BCUT2D eigenvalue weighted by molar-refractivity contribution is 5.76. The van der Waals surface area contributed by atoms with Gasteiger partial charge in [0.1, 0.15) is 0 Å². The second-order valence-corrected chi connectivity index (χ2v) is 6.53. The van der Waals surface area contributed by atoms with Gasteiger partial charge in [0.2, 0.25) is 0 Å². The lowest BCUT2D eigenvalue weighted by molar-refractivity contribution is -0.142. The number of carbonyl (C=O) groups excluding carboxylic acids is 1. The predicted octanol–water partition coefficient (Wildman–Crippen LogP) is 2.90. The van der Waals surface area contributed by atoms with Gasteiger partial charge in [-0.2, -0.15) is 0 Å².